The molecule has 5 nitrogen and oxygen atoms in total. The van der Waals surface area contributed by atoms with Crippen molar-refractivity contribution in [3.63, 3.8) is 0 Å². The Kier molecular flexibility index (Phi) is 6.65. The number of likely N-dealkylation sites (N-methyl/N-ethyl adjacent to an activating group) is 1. The zero-order valence-corrected chi connectivity index (χ0v) is 13.3. The van der Waals surface area contributed by atoms with E-state index >= 15 is 0 Å². The minimum Gasteiger partial charge on any atom is -0.336 e. The van der Waals surface area contributed by atoms with Crippen molar-refractivity contribution in [1.29, 1.82) is 0 Å². The van der Waals surface area contributed by atoms with E-state index < -0.39 is 5.91 Å². The Morgan fingerprint density at radius 1 is 1.14 bits per heavy atom. The lowest BCUT2D eigenvalue weighted by atomic mass is 10.2. The highest BCUT2D eigenvalue weighted by molar-refractivity contribution is 6.39. The molecule has 1 aromatic rings. The third kappa shape index (κ3) is 5.73. The molecule has 0 aliphatic rings. The standard InChI is InChI=1S/C14H16Cl2N2O3/c1-9(19)6-7-13(21)18(2)8-12(20)17-14-10(15)4-3-5-11(14)16/h3-5H,6-8H2,1-2H3,(H,17,20). The molecular formula is C14H16Cl2N2O3. The number of carbonyl (C=O) groups is 3. The van der Waals surface area contributed by atoms with E-state index in [1.165, 1.54) is 18.9 Å². The Bertz CT molecular complexity index is 541. The van der Waals surface area contributed by atoms with E-state index in [1.807, 2.05) is 0 Å². The maximum atomic E-state index is 11.9. The Hall–Kier alpha value is -1.59. The molecule has 21 heavy (non-hydrogen) atoms. The maximum Gasteiger partial charge on any atom is 0.244 e. The van der Waals surface area contributed by atoms with Gasteiger partial charge in [0.05, 0.1) is 22.3 Å². The number of nitrogens with zero attached hydrogens (tertiary/aromatic N) is 1. The van der Waals surface area contributed by atoms with E-state index in [9.17, 15) is 14.4 Å². The topological polar surface area (TPSA) is 66.5 Å². The summed E-state index contributed by atoms with van der Waals surface area (Å²) in [6, 6.07) is 4.87. The summed E-state index contributed by atoms with van der Waals surface area (Å²) in [6.45, 7) is 1.28. The SMILES string of the molecule is CC(=O)CCC(=O)N(C)CC(=O)Nc1c(Cl)cccc1Cl. The van der Waals surface area contributed by atoms with Gasteiger partial charge >= 0.3 is 0 Å². The number of amides is 2. The summed E-state index contributed by atoms with van der Waals surface area (Å²) in [5.74, 6) is -0.752. The summed E-state index contributed by atoms with van der Waals surface area (Å²) < 4.78 is 0. The number of Topliss-reactive ketones (excluding diaryl/α,β-unsaturated/α-hetero) is 1. The number of hydrogen-bond donors (Lipinski definition) is 1. The van der Waals surface area contributed by atoms with E-state index in [2.05, 4.69) is 5.32 Å². The second-order valence-corrected chi connectivity index (χ2v) is 5.41. The molecule has 0 aliphatic heterocycles. The van der Waals surface area contributed by atoms with Crippen LogP contribution in [0.5, 0.6) is 0 Å². The fourth-order valence-electron chi connectivity index (χ4n) is 1.57. The van der Waals surface area contributed by atoms with Crippen molar-refractivity contribution in [2.75, 3.05) is 18.9 Å². The normalized spacial score (nSPS) is 10.1. The molecule has 0 aliphatic carbocycles. The van der Waals surface area contributed by atoms with Crippen LogP contribution in [0.4, 0.5) is 5.69 Å². The number of halogens is 2. The molecule has 1 aromatic carbocycles. The molecule has 1 N–H and O–H groups in total. The predicted octanol–water partition coefficient (Wildman–Crippen LogP) is 2.76. The van der Waals surface area contributed by atoms with Gasteiger partial charge in [0.15, 0.2) is 0 Å². The Morgan fingerprint density at radius 3 is 2.24 bits per heavy atom. The molecule has 0 aromatic heterocycles. The highest BCUT2D eigenvalue weighted by atomic mass is 35.5. The zero-order valence-electron chi connectivity index (χ0n) is 11.8. The number of nitrogens with one attached hydrogen (secondary N) is 1. The van der Waals surface area contributed by atoms with Crippen LogP contribution in [0.25, 0.3) is 0 Å². The van der Waals surface area contributed by atoms with Gasteiger partial charge in [-0.05, 0) is 19.1 Å². The van der Waals surface area contributed by atoms with E-state index in [0.717, 1.165) is 0 Å². The third-order valence-corrected chi connectivity index (χ3v) is 3.35. The molecule has 1 rings (SSSR count). The number of para-hydroxylation sites is 1. The van der Waals surface area contributed by atoms with Gasteiger partial charge in [-0.25, -0.2) is 0 Å². The van der Waals surface area contributed by atoms with Gasteiger partial charge in [-0.3, -0.25) is 9.59 Å². The van der Waals surface area contributed by atoms with Crippen LogP contribution in [0.2, 0.25) is 10.0 Å². The quantitative estimate of drug-likeness (QED) is 0.872. The van der Waals surface area contributed by atoms with Gasteiger partial charge in [-0.1, -0.05) is 29.3 Å². The second kappa shape index (κ2) is 8.00. The number of ketones is 1. The summed E-state index contributed by atoms with van der Waals surface area (Å²) in [4.78, 5) is 35.7. The molecule has 7 heteroatoms. The highest BCUT2D eigenvalue weighted by Crippen LogP contribution is 2.29. The van der Waals surface area contributed by atoms with E-state index in [4.69, 9.17) is 23.2 Å². The van der Waals surface area contributed by atoms with Gasteiger partial charge in [-0.15, -0.1) is 0 Å². The fraction of sp³-hybridized carbons (Fsp3) is 0.357. The van der Waals surface area contributed by atoms with Gasteiger partial charge in [0.2, 0.25) is 11.8 Å². The first kappa shape index (κ1) is 17.5. The Morgan fingerprint density at radius 2 is 1.71 bits per heavy atom. The lowest BCUT2D eigenvalue weighted by Gasteiger charge is -2.17. The molecule has 0 bridgehead atoms. The van der Waals surface area contributed by atoms with Gasteiger partial charge in [0.25, 0.3) is 0 Å². The number of carbonyl (C=O) groups excluding carboxylic acids is 3. The number of benzene rings is 1. The minimum atomic E-state index is -0.413. The van der Waals surface area contributed by atoms with Crippen molar-refractivity contribution in [3.05, 3.63) is 28.2 Å². The van der Waals surface area contributed by atoms with Crippen molar-refractivity contribution in [3.8, 4) is 0 Å². The molecule has 0 atom stereocenters. The lowest BCUT2D eigenvalue weighted by Crippen LogP contribution is -2.35. The van der Waals surface area contributed by atoms with Crippen LogP contribution in [0.3, 0.4) is 0 Å². The predicted molar refractivity (Wildman–Crippen MR) is 82.6 cm³/mol. The number of hydrogen-bond acceptors (Lipinski definition) is 3. The maximum absolute atomic E-state index is 11.9. The summed E-state index contributed by atoms with van der Waals surface area (Å²) in [5.41, 5.74) is 0.315. The van der Waals surface area contributed by atoms with Crippen LogP contribution >= 0.6 is 23.2 Å². The molecule has 0 saturated carbocycles. The van der Waals surface area contributed by atoms with E-state index in [1.54, 1.807) is 18.2 Å². The third-order valence-electron chi connectivity index (χ3n) is 2.72. The zero-order chi connectivity index (χ0) is 16.0. The van der Waals surface area contributed by atoms with E-state index in [-0.39, 0.29) is 31.1 Å². The van der Waals surface area contributed by atoms with Crippen molar-refractivity contribution < 1.29 is 14.4 Å². The van der Waals surface area contributed by atoms with Crippen LogP contribution in [-0.4, -0.2) is 36.1 Å². The van der Waals surface area contributed by atoms with Gasteiger partial charge in [0.1, 0.15) is 5.78 Å². The minimum absolute atomic E-state index is 0.0657. The first-order chi connectivity index (χ1) is 9.81. The average Bonchev–Trinajstić information content (AvgIpc) is 2.40. The first-order valence-electron chi connectivity index (χ1n) is 6.28. The summed E-state index contributed by atoms with van der Waals surface area (Å²) in [5, 5.41) is 3.21. The summed E-state index contributed by atoms with van der Waals surface area (Å²) in [7, 11) is 1.50. The molecule has 0 spiro atoms. The van der Waals surface area contributed by atoms with Gasteiger partial charge in [-0.2, -0.15) is 0 Å². The van der Waals surface area contributed by atoms with Crippen LogP contribution in [0.1, 0.15) is 19.8 Å². The van der Waals surface area contributed by atoms with Crippen LogP contribution in [0, 0.1) is 0 Å². The van der Waals surface area contributed by atoms with Gasteiger partial charge < -0.3 is 15.0 Å². The number of rotatable bonds is 6. The van der Waals surface area contributed by atoms with Crippen LogP contribution < -0.4 is 5.32 Å². The van der Waals surface area contributed by atoms with Gasteiger partial charge in [0, 0.05) is 19.9 Å². The van der Waals surface area contributed by atoms with E-state index in [0.29, 0.717) is 15.7 Å². The van der Waals surface area contributed by atoms with Crippen LogP contribution in [-0.2, 0) is 14.4 Å². The molecule has 0 saturated heterocycles. The fourth-order valence-corrected chi connectivity index (χ4v) is 2.07. The van der Waals surface area contributed by atoms with Crippen molar-refractivity contribution in [1.82, 2.24) is 4.90 Å². The highest BCUT2D eigenvalue weighted by Gasteiger charge is 2.15. The summed E-state index contributed by atoms with van der Waals surface area (Å²) >= 11 is 11.9. The second-order valence-electron chi connectivity index (χ2n) is 4.60. The van der Waals surface area contributed by atoms with Crippen molar-refractivity contribution >= 4 is 46.5 Å². The van der Waals surface area contributed by atoms with Crippen molar-refractivity contribution in [2.45, 2.75) is 19.8 Å². The molecule has 114 valence electrons. The lowest BCUT2D eigenvalue weighted by molar-refractivity contribution is -0.134. The Balaban J connectivity index is 2.57. The summed E-state index contributed by atoms with van der Waals surface area (Å²) in [6.07, 6.45) is 0.257. The Labute approximate surface area is 133 Å². The molecule has 2 amide bonds. The molecule has 0 radical (unpaired) electrons. The largest absolute Gasteiger partial charge is 0.336 e. The van der Waals surface area contributed by atoms with Crippen molar-refractivity contribution in [2.24, 2.45) is 0 Å². The number of anilines is 1. The average molecular weight is 331 g/mol. The monoisotopic (exact) mass is 330 g/mol. The smallest absolute Gasteiger partial charge is 0.244 e. The molecule has 0 heterocycles. The first-order valence-corrected chi connectivity index (χ1v) is 7.04. The molecule has 0 unspecified atom stereocenters. The molecule has 0 fully saturated rings. The molecular weight excluding hydrogens is 315 g/mol. The van der Waals surface area contributed by atoms with Crippen LogP contribution in [0.15, 0.2) is 18.2 Å².